The van der Waals surface area contributed by atoms with Crippen molar-refractivity contribution in [1.82, 2.24) is 0 Å². The molecule has 5 heteroatoms. The van der Waals surface area contributed by atoms with Crippen LogP contribution in [0.5, 0.6) is 0 Å². The Kier molecular flexibility index (Phi) is 2.01. The molecule has 0 saturated heterocycles. The lowest BCUT2D eigenvalue weighted by molar-refractivity contribution is -0.156. The number of hydrogen-bond donors (Lipinski definition) is 1. The number of hydrogen-bond acceptors (Lipinski definition) is 1. The summed E-state index contributed by atoms with van der Waals surface area (Å²) in [5, 5.41) is 0. The molecule has 0 aromatic heterocycles. The molecule has 2 saturated carbocycles. The van der Waals surface area contributed by atoms with Crippen molar-refractivity contribution in [2.45, 2.75) is 25.4 Å². The molecular weight excluding hydrogens is 195 g/mol. The Morgan fingerprint density at radius 3 is 2.14 bits per heavy atom. The van der Waals surface area contributed by atoms with Crippen molar-refractivity contribution in [2.75, 3.05) is 0 Å². The van der Waals surface area contributed by atoms with E-state index in [4.69, 9.17) is 5.73 Å². The predicted octanol–water partition coefficient (Wildman–Crippen LogP) is 1.70. The molecule has 80 valence electrons. The average molecular weight is 207 g/mol. The Morgan fingerprint density at radius 1 is 1.29 bits per heavy atom. The summed E-state index contributed by atoms with van der Waals surface area (Å²) in [6.07, 6.45) is -2.74. The molecule has 0 radical (unpaired) electrons. The highest BCUT2D eigenvalue weighted by Crippen LogP contribution is 2.65. The zero-order chi connectivity index (χ0) is 10.5. The van der Waals surface area contributed by atoms with Crippen LogP contribution in [0.25, 0.3) is 0 Å². The van der Waals surface area contributed by atoms with Crippen molar-refractivity contribution in [3.05, 3.63) is 0 Å². The molecule has 1 amide bonds. The lowest BCUT2D eigenvalue weighted by atomic mass is 9.96. The molecule has 0 aromatic rings. The highest BCUT2D eigenvalue weighted by atomic mass is 19.4. The Hall–Kier alpha value is -0.740. The van der Waals surface area contributed by atoms with Gasteiger partial charge in [-0.1, -0.05) is 0 Å². The van der Waals surface area contributed by atoms with Crippen LogP contribution in [-0.4, -0.2) is 12.1 Å². The van der Waals surface area contributed by atoms with Gasteiger partial charge in [-0.15, -0.1) is 0 Å². The van der Waals surface area contributed by atoms with Crippen LogP contribution in [0.4, 0.5) is 13.2 Å². The highest BCUT2D eigenvalue weighted by molar-refractivity contribution is 5.74. The van der Waals surface area contributed by atoms with E-state index in [0.29, 0.717) is 12.8 Å². The minimum Gasteiger partial charge on any atom is -0.370 e. The standard InChI is InChI=1S/C9H12F3NO/c10-9(11,12)8-5-1-4(2-6(5)8)3-7(13)14/h4-6,8H,1-3H2,(H2,13,14). The number of amides is 1. The van der Waals surface area contributed by atoms with Crippen LogP contribution in [0, 0.1) is 23.7 Å². The van der Waals surface area contributed by atoms with Crippen molar-refractivity contribution in [2.24, 2.45) is 29.4 Å². The molecule has 2 rings (SSSR count). The molecule has 2 fully saturated rings. The van der Waals surface area contributed by atoms with Crippen molar-refractivity contribution in [1.29, 1.82) is 0 Å². The second-order valence-corrected chi connectivity index (χ2v) is 4.40. The number of rotatable bonds is 2. The Labute approximate surface area is 79.6 Å². The van der Waals surface area contributed by atoms with Crippen molar-refractivity contribution < 1.29 is 18.0 Å². The maximum atomic E-state index is 12.3. The summed E-state index contributed by atoms with van der Waals surface area (Å²) in [5.41, 5.74) is 4.99. The van der Waals surface area contributed by atoms with E-state index in [2.05, 4.69) is 0 Å². The number of halogens is 3. The van der Waals surface area contributed by atoms with Gasteiger partial charge in [-0.3, -0.25) is 4.79 Å². The molecule has 0 spiro atoms. The molecule has 2 unspecified atom stereocenters. The second-order valence-electron chi connectivity index (χ2n) is 4.40. The number of alkyl halides is 3. The normalized spacial score (nSPS) is 40.8. The summed E-state index contributed by atoms with van der Waals surface area (Å²) in [7, 11) is 0. The zero-order valence-electron chi connectivity index (χ0n) is 7.55. The number of carbonyl (C=O) groups is 1. The summed E-state index contributed by atoms with van der Waals surface area (Å²) >= 11 is 0. The minimum atomic E-state index is -4.03. The predicted molar refractivity (Wildman–Crippen MR) is 43.1 cm³/mol. The van der Waals surface area contributed by atoms with Crippen LogP contribution >= 0.6 is 0 Å². The van der Waals surface area contributed by atoms with Gasteiger partial charge in [-0.05, 0) is 30.6 Å². The lowest BCUT2D eigenvalue weighted by Gasteiger charge is -2.13. The molecule has 14 heavy (non-hydrogen) atoms. The number of carbonyl (C=O) groups excluding carboxylic acids is 1. The van der Waals surface area contributed by atoms with Gasteiger partial charge in [0, 0.05) is 6.42 Å². The van der Waals surface area contributed by atoms with Gasteiger partial charge in [-0.2, -0.15) is 13.2 Å². The van der Waals surface area contributed by atoms with E-state index in [1.807, 2.05) is 0 Å². The van der Waals surface area contributed by atoms with Gasteiger partial charge in [0.15, 0.2) is 0 Å². The summed E-state index contributed by atoms with van der Waals surface area (Å²) in [6.45, 7) is 0. The van der Waals surface area contributed by atoms with Gasteiger partial charge >= 0.3 is 6.18 Å². The van der Waals surface area contributed by atoms with E-state index in [9.17, 15) is 18.0 Å². The van der Waals surface area contributed by atoms with E-state index >= 15 is 0 Å². The molecule has 2 atom stereocenters. The molecule has 2 N–H and O–H groups in total. The molecule has 2 aliphatic carbocycles. The first-order valence-corrected chi connectivity index (χ1v) is 4.74. The zero-order valence-corrected chi connectivity index (χ0v) is 7.55. The summed E-state index contributed by atoms with van der Waals surface area (Å²) in [6, 6.07) is 0. The van der Waals surface area contributed by atoms with Crippen molar-refractivity contribution >= 4 is 5.91 Å². The van der Waals surface area contributed by atoms with Crippen LogP contribution in [0.3, 0.4) is 0 Å². The van der Waals surface area contributed by atoms with Crippen LogP contribution in [0.1, 0.15) is 19.3 Å². The fourth-order valence-corrected chi connectivity index (χ4v) is 2.89. The molecule has 0 aliphatic heterocycles. The van der Waals surface area contributed by atoms with E-state index < -0.39 is 18.0 Å². The van der Waals surface area contributed by atoms with Gasteiger partial charge < -0.3 is 5.73 Å². The van der Waals surface area contributed by atoms with Crippen molar-refractivity contribution in [3.63, 3.8) is 0 Å². The fraction of sp³-hybridized carbons (Fsp3) is 0.889. The molecule has 0 bridgehead atoms. The molecule has 0 aromatic carbocycles. The topological polar surface area (TPSA) is 43.1 Å². The van der Waals surface area contributed by atoms with Gasteiger partial charge in [0.05, 0.1) is 5.92 Å². The third-order valence-electron chi connectivity index (χ3n) is 3.41. The fourth-order valence-electron chi connectivity index (χ4n) is 2.89. The minimum absolute atomic E-state index is 0.0982. The van der Waals surface area contributed by atoms with E-state index in [1.165, 1.54) is 0 Å². The molecule has 2 aliphatic rings. The number of fused-ring (bicyclic) bond motifs is 1. The van der Waals surface area contributed by atoms with Crippen LogP contribution in [0.2, 0.25) is 0 Å². The van der Waals surface area contributed by atoms with Crippen LogP contribution < -0.4 is 5.73 Å². The van der Waals surface area contributed by atoms with Gasteiger partial charge in [0.25, 0.3) is 0 Å². The van der Waals surface area contributed by atoms with E-state index in [0.717, 1.165) is 0 Å². The first kappa shape index (κ1) is 9.80. The SMILES string of the molecule is NC(=O)CC1CC2C(C1)C2C(F)(F)F. The maximum absolute atomic E-state index is 12.3. The molecule has 2 nitrogen and oxygen atoms in total. The largest absolute Gasteiger partial charge is 0.392 e. The summed E-state index contributed by atoms with van der Waals surface area (Å²) in [4.78, 5) is 10.6. The number of nitrogens with two attached hydrogens (primary N) is 1. The Bertz CT molecular complexity index is 251. The second kappa shape index (κ2) is 2.87. The van der Waals surface area contributed by atoms with Gasteiger partial charge in [0.1, 0.15) is 0 Å². The first-order chi connectivity index (χ1) is 6.39. The number of primary amides is 1. The van der Waals surface area contributed by atoms with Gasteiger partial charge in [0.2, 0.25) is 5.91 Å². The van der Waals surface area contributed by atoms with Gasteiger partial charge in [-0.25, -0.2) is 0 Å². The maximum Gasteiger partial charge on any atom is 0.392 e. The first-order valence-electron chi connectivity index (χ1n) is 4.74. The van der Waals surface area contributed by atoms with Crippen molar-refractivity contribution in [3.8, 4) is 0 Å². The molecule has 0 heterocycles. The smallest absolute Gasteiger partial charge is 0.370 e. The highest BCUT2D eigenvalue weighted by Gasteiger charge is 2.66. The third kappa shape index (κ3) is 1.60. The van der Waals surface area contributed by atoms with Crippen LogP contribution in [0.15, 0.2) is 0 Å². The monoisotopic (exact) mass is 207 g/mol. The average Bonchev–Trinajstić information content (AvgIpc) is 2.49. The van der Waals surface area contributed by atoms with Crippen LogP contribution in [-0.2, 0) is 4.79 Å². The Balaban J connectivity index is 1.85. The quantitative estimate of drug-likeness (QED) is 0.735. The summed E-state index contributed by atoms with van der Waals surface area (Å²) < 4.78 is 36.8. The Morgan fingerprint density at radius 2 is 1.79 bits per heavy atom. The summed E-state index contributed by atoms with van der Waals surface area (Å²) in [5.74, 6) is -1.84. The molecular formula is C9H12F3NO. The lowest BCUT2D eigenvalue weighted by Crippen LogP contribution is -2.20. The van der Waals surface area contributed by atoms with E-state index in [-0.39, 0.29) is 24.2 Å². The van der Waals surface area contributed by atoms with E-state index in [1.54, 1.807) is 0 Å². The third-order valence-corrected chi connectivity index (χ3v) is 3.41.